The molecule has 0 aliphatic heterocycles. The Morgan fingerprint density at radius 2 is 1.62 bits per heavy atom. The topological polar surface area (TPSA) is 60.7 Å². The minimum absolute atomic E-state index is 0.207. The monoisotopic (exact) mass is 180 g/mol. The first-order valence-corrected chi connectivity index (χ1v) is 4.33. The van der Waals surface area contributed by atoms with Gasteiger partial charge in [0.15, 0.2) is 0 Å². The summed E-state index contributed by atoms with van der Waals surface area (Å²) in [6.07, 6.45) is -2.17. The fourth-order valence-electron chi connectivity index (χ4n) is 1.78. The van der Waals surface area contributed by atoms with E-state index in [1.165, 1.54) is 0 Å². The van der Waals surface area contributed by atoms with Gasteiger partial charge >= 0.3 is 0 Å². The minimum Gasteiger partial charge on any atom is -0.390 e. The molecule has 1 aromatic rings. The van der Waals surface area contributed by atoms with Crippen molar-refractivity contribution in [1.82, 2.24) is 0 Å². The number of hydrogen-bond donors (Lipinski definition) is 3. The Morgan fingerprint density at radius 1 is 1.00 bits per heavy atom. The standard InChI is InChI=1S/C10H12O3/c11-8-5-9(12)10(13)7-4-2-1-3-6(7)8/h1-4,8-13H,5H2/t8-,9+,10+/m1/s1. The molecule has 2 rings (SSSR count). The molecule has 0 heterocycles. The van der Waals surface area contributed by atoms with Crippen LogP contribution < -0.4 is 0 Å². The third kappa shape index (κ3) is 1.35. The van der Waals surface area contributed by atoms with E-state index in [9.17, 15) is 15.3 Å². The molecule has 0 saturated heterocycles. The van der Waals surface area contributed by atoms with Crippen molar-refractivity contribution in [1.29, 1.82) is 0 Å². The van der Waals surface area contributed by atoms with Gasteiger partial charge in [-0.15, -0.1) is 0 Å². The lowest BCUT2D eigenvalue weighted by Crippen LogP contribution is -2.27. The molecule has 13 heavy (non-hydrogen) atoms. The summed E-state index contributed by atoms with van der Waals surface area (Å²) in [4.78, 5) is 0. The van der Waals surface area contributed by atoms with Gasteiger partial charge < -0.3 is 15.3 Å². The average molecular weight is 180 g/mol. The van der Waals surface area contributed by atoms with Gasteiger partial charge in [-0.05, 0) is 11.1 Å². The minimum atomic E-state index is -0.861. The van der Waals surface area contributed by atoms with E-state index in [4.69, 9.17) is 0 Å². The molecule has 3 N–H and O–H groups in total. The van der Waals surface area contributed by atoms with Crippen molar-refractivity contribution < 1.29 is 15.3 Å². The Morgan fingerprint density at radius 3 is 2.31 bits per heavy atom. The maximum absolute atomic E-state index is 9.59. The molecule has 0 saturated carbocycles. The van der Waals surface area contributed by atoms with Crippen molar-refractivity contribution in [2.45, 2.75) is 24.7 Å². The van der Waals surface area contributed by atoms with Crippen LogP contribution in [0, 0.1) is 0 Å². The fourth-order valence-corrected chi connectivity index (χ4v) is 1.78. The quantitative estimate of drug-likeness (QED) is 0.545. The van der Waals surface area contributed by atoms with E-state index < -0.39 is 18.3 Å². The largest absolute Gasteiger partial charge is 0.390 e. The molecule has 0 aromatic heterocycles. The van der Waals surface area contributed by atoms with Gasteiger partial charge in [0.05, 0.1) is 12.2 Å². The molecule has 0 bridgehead atoms. The molecule has 1 aliphatic carbocycles. The van der Waals surface area contributed by atoms with Gasteiger partial charge in [0, 0.05) is 6.42 Å². The molecule has 1 aromatic carbocycles. The van der Waals surface area contributed by atoms with Gasteiger partial charge in [-0.2, -0.15) is 0 Å². The van der Waals surface area contributed by atoms with E-state index in [2.05, 4.69) is 0 Å². The summed E-state index contributed by atoms with van der Waals surface area (Å²) in [6.45, 7) is 0. The van der Waals surface area contributed by atoms with E-state index in [1.54, 1.807) is 18.2 Å². The number of hydrogen-bond acceptors (Lipinski definition) is 3. The second-order valence-electron chi connectivity index (χ2n) is 3.39. The number of aliphatic hydroxyl groups excluding tert-OH is 3. The molecule has 0 spiro atoms. The van der Waals surface area contributed by atoms with Crippen molar-refractivity contribution in [3.63, 3.8) is 0 Å². The summed E-state index contributed by atoms with van der Waals surface area (Å²) in [5.74, 6) is 0. The van der Waals surface area contributed by atoms with Crippen molar-refractivity contribution in [2.75, 3.05) is 0 Å². The second kappa shape index (κ2) is 3.10. The lowest BCUT2D eigenvalue weighted by molar-refractivity contribution is -0.0287. The maximum atomic E-state index is 9.59. The first-order chi connectivity index (χ1) is 6.20. The molecular weight excluding hydrogens is 168 g/mol. The Balaban J connectivity index is 2.47. The molecule has 0 amide bonds. The SMILES string of the molecule is O[C@@H]1C[C@H](O)[C@@H](O)c2ccccc21. The van der Waals surface area contributed by atoms with Crippen molar-refractivity contribution in [3.05, 3.63) is 35.4 Å². The second-order valence-corrected chi connectivity index (χ2v) is 3.39. The molecule has 3 nitrogen and oxygen atoms in total. The van der Waals surface area contributed by atoms with Crippen LogP contribution in [-0.2, 0) is 0 Å². The molecule has 0 unspecified atom stereocenters. The predicted molar refractivity (Wildman–Crippen MR) is 47.0 cm³/mol. The van der Waals surface area contributed by atoms with E-state index in [0.717, 1.165) is 5.56 Å². The number of rotatable bonds is 0. The van der Waals surface area contributed by atoms with Crippen LogP contribution in [0.25, 0.3) is 0 Å². The molecule has 0 fully saturated rings. The molecule has 3 atom stereocenters. The summed E-state index contributed by atoms with van der Waals surface area (Å²) in [6, 6.07) is 7.10. The van der Waals surface area contributed by atoms with Crippen LogP contribution in [0.5, 0.6) is 0 Å². The van der Waals surface area contributed by atoms with E-state index in [1.807, 2.05) is 6.07 Å². The number of aliphatic hydroxyl groups is 3. The Labute approximate surface area is 76.3 Å². The van der Waals surface area contributed by atoms with Crippen LogP contribution >= 0.6 is 0 Å². The summed E-state index contributed by atoms with van der Waals surface area (Å²) in [7, 11) is 0. The van der Waals surface area contributed by atoms with Gasteiger partial charge in [-0.25, -0.2) is 0 Å². The first kappa shape index (κ1) is 8.69. The Kier molecular flexibility index (Phi) is 2.07. The third-order valence-electron chi connectivity index (χ3n) is 2.50. The highest BCUT2D eigenvalue weighted by molar-refractivity contribution is 5.33. The molecule has 1 aliphatic rings. The van der Waals surface area contributed by atoms with Gasteiger partial charge in [-0.3, -0.25) is 0 Å². The third-order valence-corrected chi connectivity index (χ3v) is 2.50. The molecule has 70 valence electrons. The normalized spacial score (nSPS) is 32.7. The smallest absolute Gasteiger partial charge is 0.105 e. The molecule has 3 heteroatoms. The van der Waals surface area contributed by atoms with Crippen molar-refractivity contribution >= 4 is 0 Å². The zero-order valence-corrected chi connectivity index (χ0v) is 7.09. The van der Waals surface area contributed by atoms with Gasteiger partial charge in [0.25, 0.3) is 0 Å². The van der Waals surface area contributed by atoms with E-state index >= 15 is 0 Å². The predicted octanol–water partition coefficient (Wildman–Crippen LogP) is 0.518. The molecule has 0 radical (unpaired) electrons. The van der Waals surface area contributed by atoms with Crippen LogP contribution in [0.1, 0.15) is 29.8 Å². The Bertz CT molecular complexity index is 311. The van der Waals surface area contributed by atoms with Crippen LogP contribution in [0.4, 0.5) is 0 Å². The lowest BCUT2D eigenvalue weighted by atomic mass is 9.85. The zero-order chi connectivity index (χ0) is 9.42. The van der Waals surface area contributed by atoms with Crippen molar-refractivity contribution in [3.8, 4) is 0 Å². The van der Waals surface area contributed by atoms with Crippen LogP contribution in [0.3, 0.4) is 0 Å². The van der Waals surface area contributed by atoms with Crippen LogP contribution in [-0.4, -0.2) is 21.4 Å². The highest BCUT2D eigenvalue weighted by atomic mass is 16.3. The number of benzene rings is 1. The van der Waals surface area contributed by atoms with E-state index in [-0.39, 0.29) is 6.42 Å². The van der Waals surface area contributed by atoms with Gasteiger partial charge in [-0.1, -0.05) is 24.3 Å². The highest BCUT2D eigenvalue weighted by Crippen LogP contribution is 2.35. The summed E-state index contributed by atoms with van der Waals surface area (Å²) in [5.41, 5.74) is 1.36. The van der Waals surface area contributed by atoms with Gasteiger partial charge in [0.1, 0.15) is 6.10 Å². The first-order valence-electron chi connectivity index (χ1n) is 4.33. The zero-order valence-electron chi connectivity index (χ0n) is 7.09. The molecular formula is C10H12O3. The van der Waals surface area contributed by atoms with Gasteiger partial charge in [0.2, 0.25) is 0 Å². The van der Waals surface area contributed by atoms with E-state index in [0.29, 0.717) is 5.56 Å². The average Bonchev–Trinajstić information content (AvgIpc) is 2.15. The lowest BCUT2D eigenvalue weighted by Gasteiger charge is -2.29. The summed E-state index contributed by atoms with van der Waals surface area (Å²) < 4.78 is 0. The van der Waals surface area contributed by atoms with Crippen molar-refractivity contribution in [2.24, 2.45) is 0 Å². The highest BCUT2D eigenvalue weighted by Gasteiger charge is 2.30. The fraction of sp³-hybridized carbons (Fsp3) is 0.400. The van der Waals surface area contributed by atoms with Crippen LogP contribution in [0.15, 0.2) is 24.3 Å². The Hall–Kier alpha value is -0.900. The van der Waals surface area contributed by atoms with Crippen LogP contribution in [0.2, 0.25) is 0 Å². The maximum Gasteiger partial charge on any atom is 0.105 e. The number of fused-ring (bicyclic) bond motifs is 1. The summed E-state index contributed by atoms with van der Waals surface area (Å²) >= 11 is 0. The summed E-state index contributed by atoms with van der Waals surface area (Å²) in [5, 5.41) is 28.5.